The summed E-state index contributed by atoms with van der Waals surface area (Å²) in [4.78, 5) is 50.5. The Bertz CT molecular complexity index is 1660. The van der Waals surface area contributed by atoms with Crippen molar-refractivity contribution in [2.24, 2.45) is 11.8 Å². The Morgan fingerprint density at radius 3 is 1.72 bits per heavy atom. The van der Waals surface area contributed by atoms with Crippen molar-refractivity contribution in [3.05, 3.63) is 46.3 Å². The van der Waals surface area contributed by atoms with E-state index in [1.807, 2.05) is 27.7 Å². The molecule has 2 radical (unpaired) electrons. The number of aromatic nitrogens is 4. The van der Waals surface area contributed by atoms with Gasteiger partial charge in [0.2, 0.25) is 0 Å². The van der Waals surface area contributed by atoms with Crippen LogP contribution in [0.4, 0.5) is 26.3 Å². The number of H-pyrrole nitrogens is 1. The zero-order chi connectivity index (χ0) is 42.6. The fraction of sp³-hybridized carbons (Fsp3) is 0.639. The molecule has 0 aliphatic heterocycles. The number of alkyl halides is 7. The summed E-state index contributed by atoms with van der Waals surface area (Å²) in [6, 6.07) is 3.13. The van der Waals surface area contributed by atoms with E-state index in [1.54, 1.807) is 19.9 Å². The van der Waals surface area contributed by atoms with Crippen LogP contribution in [-0.2, 0) is 75.1 Å². The van der Waals surface area contributed by atoms with Crippen LogP contribution in [0.15, 0.2) is 0 Å². The van der Waals surface area contributed by atoms with Gasteiger partial charge >= 0.3 is 24.3 Å². The molecule has 2 saturated carbocycles. The van der Waals surface area contributed by atoms with Crippen LogP contribution in [0.1, 0.15) is 124 Å². The summed E-state index contributed by atoms with van der Waals surface area (Å²) in [7, 11) is 0. The van der Waals surface area contributed by atoms with E-state index in [2.05, 4.69) is 80.1 Å². The Labute approximate surface area is 382 Å². The normalized spacial score (nSPS) is 18.2. The third kappa shape index (κ3) is 16.2. The van der Waals surface area contributed by atoms with Crippen molar-refractivity contribution < 1.29 is 92.1 Å². The second-order valence-corrected chi connectivity index (χ2v) is 13.3. The molecule has 4 atom stereocenters. The number of aromatic amines is 1. The van der Waals surface area contributed by atoms with E-state index >= 15 is 0 Å². The van der Waals surface area contributed by atoms with Gasteiger partial charge in [0.25, 0.3) is 0 Å². The maximum absolute atomic E-state index is 13.0. The molecule has 58 heavy (non-hydrogen) atoms. The minimum Gasteiger partial charge on any atom is -0.465 e. The number of halogens is 8. The predicted molar refractivity (Wildman–Crippen MR) is 208 cm³/mol. The summed E-state index contributed by atoms with van der Waals surface area (Å²) < 4.78 is 86.1. The standard InChI is InChI=1S/C12H11F3N2O3.C8H5F3N2O.C8H19N.C4H7BrO2.C2H3N.CH2I.CH3.2V/c1-2-20-7(18)4-17-9-8(5-3-6(5)10(9)19)11(16-17)12(13,14)15;9-8(10,11)7-4-2-1-3(2)6(14)5(4)12-13-7;1-6-9(7(2)3)8(4)5;1-2-7-4(6)3-5;1-2-3;1-2;;;/h5-6H,2-4H2,1H3;2-3H,1H2,(H,12,13);7-8H,6H2,1-5H3;2-3H2,1H3;1H3;1H2;1H3;;/q;;;;;2*-1;;/t5-,6+;2-,3+;;;;;;;/m00......./s1. The van der Waals surface area contributed by atoms with Crippen molar-refractivity contribution in [2.75, 3.05) is 25.1 Å². The predicted octanol–water partition coefficient (Wildman–Crippen LogP) is 8.75. The van der Waals surface area contributed by atoms with Gasteiger partial charge in [0.1, 0.15) is 29.0 Å². The van der Waals surface area contributed by atoms with Crippen molar-refractivity contribution >= 4 is 62.0 Å². The first kappa shape index (κ1) is 60.4. The second kappa shape index (κ2) is 27.1. The van der Waals surface area contributed by atoms with E-state index < -0.39 is 36.3 Å². The number of Topliss-reactive ketones (excluding diaryl/α,β-unsaturated/α-hetero) is 2. The van der Waals surface area contributed by atoms with Gasteiger partial charge in [-0.2, -0.15) is 41.8 Å². The number of nitrogens with one attached hydrogen (secondary N) is 1. The van der Waals surface area contributed by atoms with Crippen LogP contribution in [0.3, 0.4) is 0 Å². The summed E-state index contributed by atoms with van der Waals surface area (Å²) in [5.74, 6) is -2.70. The molecule has 6 rings (SSSR count). The molecule has 0 spiro atoms. The number of rotatable bonds is 8. The van der Waals surface area contributed by atoms with Crippen LogP contribution >= 0.6 is 38.5 Å². The number of ether oxygens (including phenoxy) is 2. The number of ketones is 2. The molecule has 4 aliphatic carbocycles. The van der Waals surface area contributed by atoms with Crippen LogP contribution in [0.2, 0.25) is 0 Å². The molecular weight excluding hydrogens is 1040 g/mol. The topological polar surface area (TPSA) is 160 Å². The first-order chi connectivity index (χ1) is 25.7. The molecule has 0 unspecified atom stereocenters. The first-order valence-electron chi connectivity index (χ1n) is 17.3. The number of hydrogen-bond donors (Lipinski definition) is 1. The molecule has 1 N–H and O–H groups in total. The van der Waals surface area contributed by atoms with Gasteiger partial charge in [-0.15, -0.1) is 0 Å². The summed E-state index contributed by atoms with van der Waals surface area (Å²) in [5, 5.41) is 16.4. The number of hydrogen-bond acceptors (Lipinski definition) is 10. The Hall–Kier alpha value is -1.89. The fourth-order valence-electron chi connectivity index (χ4n) is 6.34. The average molecular weight is 1090 g/mol. The van der Waals surface area contributed by atoms with Gasteiger partial charge in [0.05, 0.1) is 19.3 Å². The number of nitrogens with zero attached hydrogens (tertiary/aromatic N) is 5. The molecule has 2 aromatic heterocycles. The molecule has 0 saturated heterocycles. The minimum atomic E-state index is -4.62. The van der Waals surface area contributed by atoms with E-state index in [4.69, 9.17) is 5.26 Å². The van der Waals surface area contributed by atoms with Crippen LogP contribution in [0.5, 0.6) is 0 Å². The van der Waals surface area contributed by atoms with E-state index in [1.165, 1.54) is 6.92 Å². The Morgan fingerprint density at radius 1 is 0.914 bits per heavy atom. The van der Waals surface area contributed by atoms with Gasteiger partial charge < -0.3 is 39.5 Å². The molecule has 0 aromatic carbocycles. The van der Waals surface area contributed by atoms with Crippen LogP contribution in [0, 0.1) is 35.5 Å². The van der Waals surface area contributed by atoms with Gasteiger partial charge in [-0.1, -0.05) is 22.9 Å². The van der Waals surface area contributed by atoms with Crippen molar-refractivity contribution in [1.29, 1.82) is 5.26 Å². The van der Waals surface area contributed by atoms with Crippen LogP contribution in [0.25, 0.3) is 0 Å². The molecule has 4 aliphatic rings. The zero-order valence-corrected chi connectivity index (χ0v) is 40.3. The molecule has 2 fully saturated rings. The van der Waals surface area contributed by atoms with Gasteiger partial charge in [0, 0.05) is 79.1 Å². The van der Waals surface area contributed by atoms with Gasteiger partial charge in [0.15, 0.2) is 17.3 Å². The van der Waals surface area contributed by atoms with Gasteiger partial charge in [-0.05, 0) is 72.8 Å². The number of carbonyl (C=O) groups is 4. The molecule has 2 aromatic rings. The average Bonchev–Trinajstić information content (AvgIpc) is 3.91. The maximum Gasteiger partial charge on any atom is 0.435 e. The largest absolute Gasteiger partial charge is 0.465 e. The van der Waals surface area contributed by atoms with Crippen LogP contribution in [-0.4, -0.2) is 85.6 Å². The third-order valence-electron chi connectivity index (χ3n) is 8.50. The smallest absolute Gasteiger partial charge is 0.435 e. The van der Waals surface area contributed by atoms with Crippen molar-refractivity contribution in [3.8, 4) is 6.07 Å². The first-order valence-corrected chi connectivity index (χ1v) is 19.9. The van der Waals surface area contributed by atoms with Crippen molar-refractivity contribution in [1.82, 2.24) is 24.9 Å². The van der Waals surface area contributed by atoms with Gasteiger partial charge in [-0.25, -0.2) is 4.68 Å². The summed E-state index contributed by atoms with van der Waals surface area (Å²) >= 11 is 4.84. The zero-order valence-electron chi connectivity index (χ0n) is 33.7. The molecule has 12 nitrogen and oxygen atoms in total. The maximum atomic E-state index is 13.0. The number of carbonyl (C=O) groups excluding carboxylic acids is 4. The number of esters is 2. The van der Waals surface area contributed by atoms with E-state index in [-0.39, 0.29) is 115 Å². The summed E-state index contributed by atoms with van der Waals surface area (Å²) in [6.07, 6.45) is -8.06. The summed E-state index contributed by atoms with van der Waals surface area (Å²) in [5.41, 5.74) is -1.92. The molecule has 22 heteroatoms. The molecule has 328 valence electrons. The Balaban J connectivity index is -0.000000703. The molecule has 0 amide bonds. The van der Waals surface area contributed by atoms with Gasteiger partial charge in [-0.3, -0.25) is 34.1 Å². The molecule has 0 bridgehead atoms. The Kier molecular flexibility index (Phi) is 28.3. The Morgan fingerprint density at radius 2 is 1.36 bits per heavy atom. The molecular formula is C36H50BrF6IN6O6V2-2. The fourth-order valence-corrected chi connectivity index (χ4v) is 6.50. The monoisotopic (exact) mass is 1080 g/mol. The second-order valence-electron chi connectivity index (χ2n) is 12.7. The van der Waals surface area contributed by atoms with E-state index in [0.717, 1.165) is 11.2 Å². The third-order valence-corrected chi connectivity index (χ3v) is 8.96. The van der Waals surface area contributed by atoms with E-state index in [0.29, 0.717) is 36.9 Å². The number of nitriles is 1. The quantitative estimate of drug-likeness (QED) is 0.0891. The van der Waals surface area contributed by atoms with Crippen LogP contribution < -0.4 is 0 Å². The summed E-state index contributed by atoms with van der Waals surface area (Å²) in [6.45, 7) is 17.2. The van der Waals surface area contributed by atoms with Crippen molar-refractivity contribution in [3.63, 3.8) is 0 Å². The van der Waals surface area contributed by atoms with Crippen molar-refractivity contribution in [2.45, 2.75) is 111 Å². The SMILES string of the molecule is CC#N.CCN(C(C)C)C(C)C.CCOC(=O)CBr.CCOC(=O)Cn1nc(C(F)(F)F)c2c1C(=O)[C@@H]1C[C@H]21.O=C1c2n[nH]c(C(F)(F)F)c2[C@H]2C[C@@H]12.[CH2-]I.[CH3-].[V].[V]. The van der Waals surface area contributed by atoms with E-state index in [9.17, 15) is 45.5 Å². The number of fused-ring (bicyclic) bond motifs is 6. The minimum absolute atomic E-state index is 0. The molecule has 2 heterocycles.